The third-order valence-corrected chi connectivity index (χ3v) is 3.02. The van der Waals surface area contributed by atoms with Gasteiger partial charge in [0.15, 0.2) is 5.13 Å². The number of aromatic nitrogens is 3. The van der Waals surface area contributed by atoms with E-state index < -0.39 is 0 Å². The van der Waals surface area contributed by atoms with Gasteiger partial charge in [0, 0.05) is 25.4 Å². The van der Waals surface area contributed by atoms with Crippen molar-refractivity contribution in [3.05, 3.63) is 29.5 Å². The van der Waals surface area contributed by atoms with E-state index in [2.05, 4.69) is 27.2 Å². The van der Waals surface area contributed by atoms with E-state index in [0.717, 1.165) is 4.88 Å². The predicted octanol–water partition coefficient (Wildman–Crippen LogP) is 0.679. The second kappa shape index (κ2) is 6.68. The van der Waals surface area contributed by atoms with Crippen molar-refractivity contribution >= 4 is 22.4 Å². The molecule has 0 aromatic carbocycles. The summed E-state index contributed by atoms with van der Waals surface area (Å²) in [6, 6.07) is 1.82. The molecule has 0 aliphatic carbocycles. The minimum absolute atomic E-state index is 0.0943. The van der Waals surface area contributed by atoms with Crippen LogP contribution in [0.1, 0.15) is 11.3 Å². The number of hydrogen-bond acceptors (Lipinski definition) is 5. The van der Waals surface area contributed by atoms with Crippen LogP contribution in [0.15, 0.2) is 24.7 Å². The first kappa shape index (κ1) is 13.3. The molecule has 0 atom stereocenters. The van der Waals surface area contributed by atoms with Crippen molar-refractivity contribution in [1.29, 1.82) is 0 Å². The molecule has 1 amide bonds. The van der Waals surface area contributed by atoms with Gasteiger partial charge in [0.1, 0.15) is 0 Å². The molecule has 0 bridgehead atoms. The Bertz CT molecular complexity index is 593. The van der Waals surface area contributed by atoms with Gasteiger partial charge in [-0.3, -0.25) is 9.48 Å². The van der Waals surface area contributed by atoms with Crippen molar-refractivity contribution in [2.24, 2.45) is 5.73 Å². The number of amides is 1. The molecule has 2 aromatic rings. The number of carbonyl (C=O) groups excluding carboxylic acids is 1. The lowest BCUT2D eigenvalue weighted by atomic mass is 10.4. The van der Waals surface area contributed by atoms with Gasteiger partial charge in [0.05, 0.1) is 17.6 Å². The van der Waals surface area contributed by atoms with Crippen molar-refractivity contribution in [1.82, 2.24) is 14.8 Å². The first-order chi connectivity index (χ1) is 9.28. The first-order valence-corrected chi connectivity index (χ1v) is 6.51. The molecule has 2 rings (SSSR count). The van der Waals surface area contributed by atoms with Crippen LogP contribution in [0.2, 0.25) is 0 Å². The summed E-state index contributed by atoms with van der Waals surface area (Å²) in [7, 11) is 0. The minimum atomic E-state index is -0.0943. The van der Waals surface area contributed by atoms with Crippen LogP contribution in [0.25, 0.3) is 0 Å². The molecule has 2 heterocycles. The van der Waals surface area contributed by atoms with Gasteiger partial charge in [0.2, 0.25) is 5.91 Å². The maximum atomic E-state index is 11.7. The number of aryl methyl sites for hydroxylation is 1. The Morgan fingerprint density at radius 1 is 1.58 bits per heavy atom. The lowest BCUT2D eigenvalue weighted by Crippen LogP contribution is -2.14. The van der Waals surface area contributed by atoms with Crippen LogP contribution in [0.3, 0.4) is 0 Å². The summed E-state index contributed by atoms with van der Waals surface area (Å²) >= 11 is 1.33. The van der Waals surface area contributed by atoms with Crippen LogP contribution in [0.5, 0.6) is 0 Å². The topological polar surface area (TPSA) is 85.8 Å². The number of carbonyl (C=O) groups is 1. The highest BCUT2D eigenvalue weighted by Crippen LogP contribution is 2.16. The SMILES string of the molecule is NCC#Cc1cnc(NC(=O)CCn2cccn2)s1. The molecule has 0 unspecified atom stereocenters. The molecule has 7 heteroatoms. The summed E-state index contributed by atoms with van der Waals surface area (Å²) in [6.45, 7) is 0.855. The third kappa shape index (κ3) is 4.21. The standard InChI is InChI=1S/C12H13N5OS/c13-5-1-3-10-9-14-12(19-10)16-11(18)4-8-17-7-2-6-15-17/h2,6-7,9H,4-5,8,13H2,(H,14,16,18). The number of anilines is 1. The highest BCUT2D eigenvalue weighted by Gasteiger charge is 2.06. The zero-order chi connectivity index (χ0) is 13.5. The van der Waals surface area contributed by atoms with Gasteiger partial charge >= 0.3 is 0 Å². The number of rotatable bonds is 4. The fourth-order valence-electron chi connectivity index (χ4n) is 1.36. The zero-order valence-electron chi connectivity index (χ0n) is 10.2. The number of nitrogens with zero attached hydrogens (tertiary/aromatic N) is 3. The Hall–Kier alpha value is -2.17. The molecule has 6 nitrogen and oxygen atoms in total. The summed E-state index contributed by atoms with van der Waals surface area (Å²) in [5.41, 5.74) is 5.28. The highest BCUT2D eigenvalue weighted by molar-refractivity contribution is 7.16. The van der Waals surface area contributed by atoms with Crippen molar-refractivity contribution in [3.63, 3.8) is 0 Å². The first-order valence-electron chi connectivity index (χ1n) is 5.70. The van der Waals surface area contributed by atoms with Crippen LogP contribution in [0.4, 0.5) is 5.13 Å². The lowest BCUT2D eigenvalue weighted by molar-refractivity contribution is -0.116. The van der Waals surface area contributed by atoms with Crippen molar-refractivity contribution in [3.8, 4) is 11.8 Å². The molecule has 0 aliphatic rings. The Morgan fingerprint density at radius 2 is 2.47 bits per heavy atom. The molecule has 2 aromatic heterocycles. The Kier molecular flexibility index (Phi) is 4.66. The smallest absolute Gasteiger partial charge is 0.228 e. The second-order valence-corrected chi connectivity index (χ2v) is 4.63. The molecular weight excluding hydrogens is 262 g/mol. The number of nitrogens with two attached hydrogens (primary N) is 1. The monoisotopic (exact) mass is 275 g/mol. The van der Waals surface area contributed by atoms with E-state index in [1.165, 1.54) is 11.3 Å². The van der Waals surface area contributed by atoms with Crippen LogP contribution < -0.4 is 11.1 Å². The van der Waals surface area contributed by atoms with Crippen molar-refractivity contribution in [2.45, 2.75) is 13.0 Å². The van der Waals surface area contributed by atoms with Crippen molar-refractivity contribution in [2.75, 3.05) is 11.9 Å². The molecule has 98 valence electrons. The minimum Gasteiger partial charge on any atom is -0.320 e. The molecule has 0 saturated heterocycles. The fraction of sp³-hybridized carbons (Fsp3) is 0.250. The number of nitrogens with one attached hydrogen (secondary N) is 1. The molecule has 0 saturated carbocycles. The number of hydrogen-bond donors (Lipinski definition) is 2. The van der Waals surface area contributed by atoms with E-state index in [-0.39, 0.29) is 5.91 Å². The van der Waals surface area contributed by atoms with E-state index in [4.69, 9.17) is 5.73 Å². The van der Waals surface area contributed by atoms with Crippen LogP contribution in [-0.4, -0.2) is 27.2 Å². The quantitative estimate of drug-likeness (QED) is 0.803. The molecule has 0 aliphatic heterocycles. The fourth-order valence-corrected chi connectivity index (χ4v) is 2.07. The Labute approximate surface area is 114 Å². The molecule has 19 heavy (non-hydrogen) atoms. The van der Waals surface area contributed by atoms with Gasteiger partial charge in [-0.15, -0.1) is 0 Å². The van der Waals surface area contributed by atoms with Crippen LogP contribution in [0, 0.1) is 11.8 Å². The van der Waals surface area contributed by atoms with Gasteiger partial charge in [-0.25, -0.2) is 4.98 Å². The van der Waals surface area contributed by atoms with Gasteiger partial charge in [-0.1, -0.05) is 23.2 Å². The van der Waals surface area contributed by atoms with Gasteiger partial charge in [-0.05, 0) is 6.07 Å². The van der Waals surface area contributed by atoms with Gasteiger partial charge in [0.25, 0.3) is 0 Å². The third-order valence-electron chi connectivity index (χ3n) is 2.19. The molecule has 0 radical (unpaired) electrons. The Morgan fingerprint density at radius 3 is 3.21 bits per heavy atom. The van der Waals surface area contributed by atoms with Gasteiger partial charge < -0.3 is 11.1 Å². The summed E-state index contributed by atoms with van der Waals surface area (Å²) in [4.78, 5) is 16.5. The summed E-state index contributed by atoms with van der Waals surface area (Å²) in [5.74, 6) is 5.51. The Balaban J connectivity index is 1.83. The van der Waals surface area contributed by atoms with Crippen LogP contribution >= 0.6 is 11.3 Å². The number of thiazole rings is 1. The largest absolute Gasteiger partial charge is 0.320 e. The maximum absolute atomic E-state index is 11.7. The van der Waals surface area contributed by atoms with Crippen molar-refractivity contribution < 1.29 is 4.79 Å². The molecule has 0 fully saturated rings. The normalized spacial score (nSPS) is 9.74. The summed E-state index contributed by atoms with van der Waals surface area (Å²) < 4.78 is 1.71. The van der Waals surface area contributed by atoms with Crippen LogP contribution in [-0.2, 0) is 11.3 Å². The molecule has 0 spiro atoms. The second-order valence-electron chi connectivity index (χ2n) is 3.60. The van der Waals surface area contributed by atoms with E-state index in [1.807, 2.05) is 12.3 Å². The predicted molar refractivity (Wildman–Crippen MR) is 73.5 cm³/mol. The van der Waals surface area contributed by atoms with E-state index in [0.29, 0.717) is 24.6 Å². The summed E-state index contributed by atoms with van der Waals surface area (Å²) in [5, 5.41) is 7.30. The molecule has 3 N–H and O–H groups in total. The van der Waals surface area contributed by atoms with E-state index in [1.54, 1.807) is 17.1 Å². The van der Waals surface area contributed by atoms with Gasteiger partial charge in [-0.2, -0.15) is 5.10 Å². The molecular formula is C12H13N5OS. The maximum Gasteiger partial charge on any atom is 0.228 e. The van der Waals surface area contributed by atoms with E-state index >= 15 is 0 Å². The van der Waals surface area contributed by atoms with E-state index in [9.17, 15) is 4.79 Å². The highest BCUT2D eigenvalue weighted by atomic mass is 32.1. The average Bonchev–Trinajstić information content (AvgIpc) is 3.05. The average molecular weight is 275 g/mol. The lowest BCUT2D eigenvalue weighted by Gasteiger charge is -2.01. The summed E-state index contributed by atoms with van der Waals surface area (Å²) in [6.07, 6.45) is 5.47. The zero-order valence-corrected chi connectivity index (χ0v) is 11.0.